The van der Waals surface area contributed by atoms with Crippen LogP contribution in [0.3, 0.4) is 0 Å². The Labute approximate surface area is 257 Å². The molecule has 0 aromatic heterocycles. The fourth-order valence-electron chi connectivity index (χ4n) is 9.59. The average molecular weight is 641 g/mol. The van der Waals surface area contributed by atoms with Gasteiger partial charge in [-0.25, -0.2) is 0 Å². The summed E-state index contributed by atoms with van der Waals surface area (Å²) in [6.45, 7) is 3.66. The van der Waals surface area contributed by atoms with Crippen molar-refractivity contribution in [3.8, 4) is 0 Å². The number of hydrogen-bond acceptors (Lipinski definition) is 2. The number of hydrogen-bond donors (Lipinski definition) is 0. The molecule has 5 heteroatoms. The maximum absolute atomic E-state index is 6.73. The summed E-state index contributed by atoms with van der Waals surface area (Å²) < 4.78 is 0. The Balaban J connectivity index is 1.28. The first-order chi connectivity index (χ1) is 18.9. The molecule has 5 aliphatic carbocycles. The molecule has 0 radical (unpaired) electrons. The number of halogens is 3. The molecule has 6 aliphatic rings. The largest absolute Gasteiger partial charge is 0.358 e. The van der Waals surface area contributed by atoms with Crippen molar-refractivity contribution in [2.45, 2.75) is 137 Å². The first-order valence-corrected chi connectivity index (χ1v) is 18.5. The van der Waals surface area contributed by atoms with Gasteiger partial charge in [-0.05, 0) is 132 Å². The van der Waals surface area contributed by atoms with E-state index >= 15 is 0 Å². The van der Waals surface area contributed by atoms with Gasteiger partial charge in [0.1, 0.15) is 0 Å². The fourth-order valence-corrected chi connectivity index (χ4v) is 11.0. The van der Waals surface area contributed by atoms with E-state index in [-0.39, 0.29) is 0 Å². The molecular weight excluding hydrogens is 587 g/mol. The van der Waals surface area contributed by atoms with Crippen LogP contribution in [0.25, 0.3) is 0 Å². The molecule has 0 amide bonds. The molecule has 39 heavy (non-hydrogen) atoms. The van der Waals surface area contributed by atoms with Gasteiger partial charge >= 0.3 is 0 Å². The zero-order valence-corrected chi connectivity index (χ0v) is 27.7. The third kappa shape index (κ3) is 6.47. The minimum atomic E-state index is 0.323. The molecule has 0 N–H and O–H groups in total. The van der Waals surface area contributed by atoms with E-state index in [1.54, 1.807) is 11.3 Å². The highest BCUT2D eigenvalue weighted by Gasteiger charge is 2.50. The summed E-state index contributed by atoms with van der Waals surface area (Å²) >= 11 is 17.3. The predicted octanol–water partition coefficient (Wildman–Crippen LogP) is 9.74. The fraction of sp³-hybridized carbons (Fsp3) is 0.882. The highest BCUT2D eigenvalue weighted by atomic mass is 79.9. The van der Waals surface area contributed by atoms with Crippen molar-refractivity contribution in [3.05, 3.63) is 23.4 Å². The van der Waals surface area contributed by atoms with Crippen LogP contribution >= 0.6 is 39.1 Å². The summed E-state index contributed by atoms with van der Waals surface area (Å²) in [5.41, 5.74) is 3.50. The van der Waals surface area contributed by atoms with Crippen molar-refractivity contribution in [2.75, 3.05) is 13.6 Å². The molecule has 4 fully saturated rings. The Bertz CT molecular complexity index is 894. The quantitative estimate of drug-likeness (QED) is 0.193. The van der Waals surface area contributed by atoms with Gasteiger partial charge in [-0.2, -0.15) is 0 Å². The third-order valence-corrected chi connectivity index (χ3v) is 13.4. The van der Waals surface area contributed by atoms with E-state index in [0.29, 0.717) is 40.7 Å². The van der Waals surface area contributed by atoms with Gasteiger partial charge in [-0.1, -0.05) is 53.4 Å². The minimum Gasteiger partial charge on any atom is -0.358 e. The molecule has 0 aromatic carbocycles. The number of fused-ring (bicyclic) bond motifs is 1. The number of allylic oxidation sites excluding steroid dienone is 3. The zero-order chi connectivity index (χ0) is 27.1. The van der Waals surface area contributed by atoms with E-state index in [1.807, 2.05) is 0 Å². The lowest BCUT2D eigenvalue weighted by Gasteiger charge is -2.44. The second kappa shape index (κ2) is 12.9. The van der Waals surface area contributed by atoms with Crippen LogP contribution in [0.2, 0.25) is 0 Å². The lowest BCUT2D eigenvalue weighted by atomic mass is 9.63. The first kappa shape index (κ1) is 29.4. The molecule has 3 saturated carbocycles. The van der Waals surface area contributed by atoms with Gasteiger partial charge in [0, 0.05) is 27.8 Å². The van der Waals surface area contributed by atoms with Crippen LogP contribution in [-0.2, 0) is 0 Å². The Morgan fingerprint density at radius 2 is 1.74 bits per heavy atom. The molecule has 1 heterocycles. The topological polar surface area (TPSA) is 6.48 Å². The molecule has 220 valence electrons. The summed E-state index contributed by atoms with van der Waals surface area (Å²) in [6, 6.07) is 0.635. The summed E-state index contributed by atoms with van der Waals surface area (Å²) in [7, 11) is 2.45. The highest BCUT2D eigenvalue weighted by Crippen LogP contribution is 2.52. The lowest BCUT2D eigenvalue weighted by molar-refractivity contribution is 0.120. The van der Waals surface area contributed by atoms with Crippen LogP contribution in [0.15, 0.2) is 23.4 Å². The van der Waals surface area contributed by atoms with Crippen LogP contribution in [0.1, 0.15) is 110 Å². The van der Waals surface area contributed by atoms with Gasteiger partial charge < -0.3 is 4.90 Å². The minimum absolute atomic E-state index is 0.323. The van der Waals surface area contributed by atoms with Crippen molar-refractivity contribution in [3.63, 3.8) is 0 Å². The second-order valence-corrected chi connectivity index (χ2v) is 16.8. The van der Waals surface area contributed by atoms with Gasteiger partial charge in [0.2, 0.25) is 0 Å². The standard InChI is InChI=1S/C34H53BrCl2N2/c1-3-23-20-29(37)14-15-30(23)33(24-9-12-28(36)13-10-24)26-11-16-31-32(21-26)39(34(38(31)2)25-7-8-25)18-17-22-5-4-6-27(35)19-22/h15,21-29,31,33-34H,3-14,16-20H2,1-2H3. The van der Waals surface area contributed by atoms with E-state index in [0.717, 1.165) is 29.0 Å². The number of likely N-dealkylation sites (N-methyl/N-ethyl adjacent to an activating group) is 1. The van der Waals surface area contributed by atoms with Crippen molar-refractivity contribution < 1.29 is 0 Å². The molecule has 8 atom stereocenters. The SMILES string of the molecule is CCC1CC(Cl)CC=C1C(C1C=C2C(CC1)N(C)C(C1CC1)N2CCC1CCCC(Br)C1)C1CCC(Cl)CC1. The Morgan fingerprint density at radius 1 is 0.949 bits per heavy atom. The van der Waals surface area contributed by atoms with Gasteiger partial charge in [-0.3, -0.25) is 4.90 Å². The van der Waals surface area contributed by atoms with E-state index in [1.165, 1.54) is 103 Å². The normalized spacial score (nSPS) is 42.6. The van der Waals surface area contributed by atoms with Crippen molar-refractivity contribution in [1.82, 2.24) is 9.80 Å². The average Bonchev–Trinajstić information content (AvgIpc) is 3.73. The van der Waals surface area contributed by atoms with Crippen molar-refractivity contribution in [1.29, 1.82) is 0 Å². The zero-order valence-electron chi connectivity index (χ0n) is 24.6. The molecular formula is C34H53BrCl2N2. The number of rotatable bonds is 8. The Morgan fingerprint density at radius 3 is 2.46 bits per heavy atom. The highest BCUT2D eigenvalue weighted by molar-refractivity contribution is 9.09. The lowest BCUT2D eigenvalue weighted by Crippen LogP contribution is -2.40. The predicted molar refractivity (Wildman–Crippen MR) is 171 cm³/mol. The second-order valence-electron chi connectivity index (χ2n) is 14.3. The van der Waals surface area contributed by atoms with Crippen LogP contribution in [0, 0.1) is 35.5 Å². The molecule has 1 saturated heterocycles. The molecule has 0 aromatic rings. The van der Waals surface area contributed by atoms with E-state index in [4.69, 9.17) is 23.2 Å². The van der Waals surface area contributed by atoms with Crippen molar-refractivity contribution >= 4 is 39.1 Å². The van der Waals surface area contributed by atoms with E-state index in [2.05, 4.69) is 51.9 Å². The van der Waals surface area contributed by atoms with Crippen LogP contribution < -0.4 is 0 Å². The van der Waals surface area contributed by atoms with Gasteiger partial charge in [-0.15, -0.1) is 23.2 Å². The molecule has 0 bridgehead atoms. The molecule has 0 spiro atoms. The number of alkyl halides is 3. The smallest absolute Gasteiger partial charge is 0.0849 e. The monoisotopic (exact) mass is 638 g/mol. The van der Waals surface area contributed by atoms with E-state index in [9.17, 15) is 0 Å². The maximum atomic E-state index is 6.73. The third-order valence-electron chi connectivity index (χ3n) is 11.8. The summed E-state index contributed by atoms with van der Waals surface area (Å²) in [4.78, 5) is 6.49. The molecule has 8 unspecified atom stereocenters. The summed E-state index contributed by atoms with van der Waals surface area (Å²) in [6.07, 6.45) is 27.1. The Kier molecular flexibility index (Phi) is 9.71. The van der Waals surface area contributed by atoms with Crippen LogP contribution in [0.4, 0.5) is 0 Å². The first-order valence-electron chi connectivity index (χ1n) is 16.7. The van der Waals surface area contributed by atoms with E-state index < -0.39 is 0 Å². The number of nitrogens with zero attached hydrogens (tertiary/aromatic N) is 2. The Hall–Kier alpha value is 0.300. The van der Waals surface area contributed by atoms with Gasteiger partial charge in [0.25, 0.3) is 0 Å². The molecule has 6 rings (SSSR count). The van der Waals surface area contributed by atoms with Gasteiger partial charge in [0.05, 0.1) is 12.2 Å². The molecule has 1 aliphatic heterocycles. The van der Waals surface area contributed by atoms with Crippen molar-refractivity contribution in [2.24, 2.45) is 35.5 Å². The molecule has 2 nitrogen and oxygen atoms in total. The van der Waals surface area contributed by atoms with Gasteiger partial charge in [0.15, 0.2) is 0 Å². The maximum Gasteiger partial charge on any atom is 0.0849 e. The summed E-state index contributed by atoms with van der Waals surface area (Å²) in [5.74, 6) is 4.60. The van der Waals surface area contributed by atoms with Crippen LogP contribution in [-0.4, -0.2) is 51.2 Å². The van der Waals surface area contributed by atoms with Crippen LogP contribution in [0.5, 0.6) is 0 Å². The summed E-state index contributed by atoms with van der Waals surface area (Å²) in [5, 5.41) is 0.715.